The Morgan fingerprint density at radius 3 is 2.47 bits per heavy atom. The molecule has 2 aromatic carbocycles. The van der Waals surface area contributed by atoms with E-state index in [9.17, 15) is 5.11 Å². The van der Waals surface area contributed by atoms with Crippen LogP contribution in [0.5, 0.6) is 5.75 Å². The lowest BCUT2D eigenvalue weighted by atomic mass is 10.3. The Kier molecular flexibility index (Phi) is 2.72. The average Bonchev–Trinajstić information content (AvgIpc) is 2.76. The van der Waals surface area contributed by atoms with Crippen molar-refractivity contribution < 1.29 is 5.11 Å². The Morgan fingerprint density at radius 2 is 1.74 bits per heavy atom. The van der Waals surface area contributed by atoms with Gasteiger partial charge in [0.05, 0.1) is 16.7 Å². The van der Waals surface area contributed by atoms with Crippen LogP contribution in [0.2, 0.25) is 0 Å². The minimum absolute atomic E-state index is 0.210. The Labute approximate surface area is 109 Å². The van der Waals surface area contributed by atoms with Gasteiger partial charge in [0, 0.05) is 7.05 Å². The highest BCUT2D eigenvalue weighted by molar-refractivity contribution is 5.77. The summed E-state index contributed by atoms with van der Waals surface area (Å²) in [6, 6.07) is 14.4. The summed E-state index contributed by atoms with van der Waals surface area (Å²) >= 11 is 0. The molecule has 0 amide bonds. The van der Waals surface area contributed by atoms with Crippen LogP contribution in [0, 0.1) is 0 Å². The second kappa shape index (κ2) is 4.53. The van der Waals surface area contributed by atoms with Crippen LogP contribution in [0.25, 0.3) is 11.0 Å². The number of rotatable bonds is 2. The molecule has 19 heavy (non-hydrogen) atoms. The molecule has 0 atom stereocenters. The molecule has 0 spiro atoms. The molecule has 0 aliphatic heterocycles. The van der Waals surface area contributed by atoms with Gasteiger partial charge in [-0.2, -0.15) is 0 Å². The summed E-state index contributed by atoms with van der Waals surface area (Å²) in [4.78, 5) is 4.40. The van der Waals surface area contributed by atoms with Gasteiger partial charge in [-0.1, -0.05) is 12.1 Å². The molecule has 0 saturated carbocycles. The minimum atomic E-state index is 0.210. The van der Waals surface area contributed by atoms with E-state index in [-0.39, 0.29) is 5.75 Å². The van der Waals surface area contributed by atoms with Crippen LogP contribution >= 0.6 is 0 Å². The molecule has 0 radical (unpaired) electrons. The monoisotopic (exact) mass is 252 g/mol. The highest BCUT2D eigenvalue weighted by Crippen LogP contribution is 2.23. The molecule has 1 N–H and O–H groups in total. The zero-order valence-corrected chi connectivity index (χ0v) is 10.4. The minimum Gasteiger partial charge on any atom is -0.508 e. The first kappa shape index (κ1) is 11.4. The van der Waals surface area contributed by atoms with Gasteiger partial charge < -0.3 is 9.67 Å². The molecular formula is C14H12N4O. The van der Waals surface area contributed by atoms with Gasteiger partial charge >= 0.3 is 0 Å². The number of azo groups is 1. The van der Waals surface area contributed by atoms with Crippen molar-refractivity contribution in [1.82, 2.24) is 9.55 Å². The van der Waals surface area contributed by atoms with Crippen LogP contribution in [-0.2, 0) is 7.05 Å². The van der Waals surface area contributed by atoms with Gasteiger partial charge in [-0.05, 0) is 36.4 Å². The second-order valence-electron chi connectivity index (χ2n) is 4.18. The quantitative estimate of drug-likeness (QED) is 0.707. The Bertz CT molecular complexity index is 744. The van der Waals surface area contributed by atoms with E-state index in [0.717, 1.165) is 11.0 Å². The van der Waals surface area contributed by atoms with E-state index < -0.39 is 0 Å². The molecular weight excluding hydrogens is 240 g/mol. The fourth-order valence-electron chi connectivity index (χ4n) is 1.84. The van der Waals surface area contributed by atoms with Gasteiger partial charge in [-0.25, -0.2) is 4.98 Å². The largest absolute Gasteiger partial charge is 0.508 e. The number of aromatic hydroxyl groups is 1. The summed E-state index contributed by atoms with van der Waals surface area (Å²) in [6.45, 7) is 0. The number of para-hydroxylation sites is 2. The molecule has 3 rings (SSSR count). The van der Waals surface area contributed by atoms with Gasteiger partial charge in [0.25, 0.3) is 0 Å². The van der Waals surface area contributed by atoms with Gasteiger partial charge in [0.1, 0.15) is 5.75 Å². The summed E-state index contributed by atoms with van der Waals surface area (Å²) in [5, 5.41) is 17.4. The zero-order chi connectivity index (χ0) is 13.2. The molecule has 5 nitrogen and oxygen atoms in total. The van der Waals surface area contributed by atoms with Crippen molar-refractivity contribution in [2.45, 2.75) is 0 Å². The lowest BCUT2D eigenvalue weighted by Crippen LogP contribution is -1.85. The fraction of sp³-hybridized carbons (Fsp3) is 0.0714. The predicted molar refractivity (Wildman–Crippen MR) is 73.0 cm³/mol. The van der Waals surface area contributed by atoms with Crippen molar-refractivity contribution >= 4 is 22.7 Å². The molecule has 0 fully saturated rings. The first-order valence-corrected chi connectivity index (χ1v) is 5.86. The van der Waals surface area contributed by atoms with Crippen molar-refractivity contribution in [2.75, 3.05) is 0 Å². The second-order valence-corrected chi connectivity index (χ2v) is 4.18. The first-order valence-electron chi connectivity index (χ1n) is 5.86. The molecule has 1 heterocycles. The number of phenolic OH excluding ortho intramolecular Hbond substituents is 1. The van der Waals surface area contributed by atoms with E-state index in [0.29, 0.717) is 11.6 Å². The summed E-state index contributed by atoms with van der Waals surface area (Å²) in [7, 11) is 1.90. The predicted octanol–water partition coefficient (Wildman–Crippen LogP) is 3.69. The van der Waals surface area contributed by atoms with Gasteiger partial charge in [0.2, 0.25) is 5.95 Å². The highest BCUT2D eigenvalue weighted by atomic mass is 16.3. The number of nitrogens with zero attached hydrogens (tertiary/aromatic N) is 4. The summed E-state index contributed by atoms with van der Waals surface area (Å²) in [5.41, 5.74) is 2.58. The van der Waals surface area contributed by atoms with Crippen LogP contribution in [0.15, 0.2) is 58.8 Å². The molecule has 5 heteroatoms. The summed E-state index contributed by atoms with van der Waals surface area (Å²) in [6.07, 6.45) is 0. The Balaban J connectivity index is 1.97. The number of aromatic nitrogens is 2. The number of fused-ring (bicyclic) bond motifs is 1. The third-order valence-electron chi connectivity index (χ3n) is 2.87. The molecule has 94 valence electrons. The van der Waals surface area contributed by atoms with Crippen LogP contribution in [0.1, 0.15) is 0 Å². The normalized spacial score (nSPS) is 11.4. The maximum absolute atomic E-state index is 9.19. The third kappa shape index (κ3) is 2.18. The van der Waals surface area contributed by atoms with Crippen molar-refractivity contribution in [2.24, 2.45) is 17.3 Å². The fourth-order valence-corrected chi connectivity index (χ4v) is 1.84. The van der Waals surface area contributed by atoms with E-state index in [4.69, 9.17) is 0 Å². The summed E-state index contributed by atoms with van der Waals surface area (Å²) in [5.74, 6) is 0.760. The van der Waals surface area contributed by atoms with Crippen LogP contribution in [0.4, 0.5) is 11.6 Å². The zero-order valence-electron chi connectivity index (χ0n) is 10.4. The average molecular weight is 252 g/mol. The number of hydrogen-bond donors (Lipinski definition) is 1. The standard InChI is InChI=1S/C14H12N4O/c1-18-13-5-3-2-4-12(13)15-14(18)17-16-10-6-8-11(19)9-7-10/h2-9,19H,1H3/b17-16+. The number of hydrogen-bond acceptors (Lipinski definition) is 4. The van der Waals surface area contributed by atoms with E-state index in [1.807, 2.05) is 35.9 Å². The highest BCUT2D eigenvalue weighted by Gasteiger charge is 2.05. The van der Waals surface area contributed by atoms with Crippen LogP contribution < -0.4 is 0 Å². The molecule has 0 unspecified atom stereocenters. The lowest BCUT2D eigenvalue weighted by Gasteiger charge is -1.95. The Morgan fingerprint density at radius 1 is 1.00 bits per heavy atom. The Hall–Kier alpha value is -2.69. The summed E-state index contributed by atoms with van der Waals surface area (Å²) < 4.78 is 1.89. The topological polar surface area (TPSA) is 62.8 Å². The van der Waals surface area contributed by atoms with E-state index >= 15 is 0 Å². The third-order valence-corrected chi connectivity index (χ3v) is 2.87. The van der Waals surface area contributed by atoms with Gasteiger partial charge in [0.15, 0.2) is 0 Å². The number of benzene rings is 2. The van der Waals surface area contributed by atoms with Crippen molar-refractivity contribution in [3.8, 4) is 5.75 Å². The van der Waals surface area contributed by atoms with E-state index in [2.05, 4.69) is 15.2 Å². The molecule has 0 saturated heterocycles. The van der Waals surface area contributed by atoms with E-state index in [1.54, 1.807) is 24.3 Å². The van der Waals surface area contributed by atoms with Gasteiger partial charge in [-0.3, -0.25) is 0 Å². The van der Waals surface area contributed by atoms with Crippen molar-refractivity contribution in [1.29, 1.82) is 0 Å². The lowest BCUT2D eigenvalue weighted by molar-refractivity contribution is 0.475. The SMILES string of the molecule is Cn1c(/N=N/c2ccc(O)cc2)nc2ccccc21. The van der Waals surface area contributed by atoms with Crippen molar-refractivity contribution in [3.63, 3.8) is 0 Å². The molecule has 1 aromatic heterocycles. The number of phenols is 1. The number of aryl methyl sites for hydroxylation is 1. The van der Waals surface area contributed by atoms with E-state index in [1.165, 1.54) is 0 Å². The maximum atomic E-state index is 9.19. The molecule has 0 aliphatic carbocycles. The molecule has 0 aliphatic rings. The first-order chi connectivity index (χ1) is 9.24. The van der Waals surface area contributed by atoms with Crippen LogP contribution in [0.3, 0.4) is 0 Å². The number of imidazole rings is 1. The molecule has 3 aromatic rings. The van der Waals surface area contributed by atoms with Crippen molar-refractivity contribution in [3.05, 3.63) is 48.5 Å². The van der Waals surface area contributed by atoms with Gasteiger partial charge in [-0.15, -0.1) is 10.2 Å². The smallest absolute Gasteiger partial charge is 0.250 e. The van der Waals surface area contributed by atoms with Crippen LogP contribution in [-0.4, -0.2) is 14.7 Å². The molecule has 0 bridgehead atoms. The maximum Gasteiger partial charge on any atom is 0.250 e.